The van der Waals surface area contributed by atoms with Crippen molar-refractivity contribution in [1.82, 2.24) is 19.7 Å². The van der Waals surface area contributed by atoms with Gasteiger partial charge in [0.2, 0.25) is 0 Å². The van der Waals surface area contributed by atoms with Crippen molar-refractivity contribution < 1.29 is 4.74 Å². The number of pyridine rings is 1. The Bertz CT molecular complexity index is 1050. The molecule has 0 aliphatic heterocycles. The molecule has 0 aliphatic carbocycles. The average molecular weight is 409 g/mol. The van der Waals surface area contributed by atoms with Gasteiger partial charge in [-0.25, -0.2) is 0 Å². The quantitative estimate of drug-likeness (QED) is 0.406. The normalized spacial score (nSPS) is 10.8. The number of methoxy groups -OCH3 is 1. The molecule has 0 unspecified atom stereocenters. The Kier molecular flexibility index (Phi) is 5.60. The van der Waals surface area contributed by atoms with Gasteiger partial charge >= 0.3 is 0 Å². The lowest BCUT2D eigenvalue weighted by Crippen LogP contribution is -2.00. The molecule has 0 saturated heterocycles. The molecule has 0 N–H and O–H groups in total. The molecule has 4 rings (SSSR count). The topological polar surface area (TPSA) is 52.8 Å². The molecule has 2 aromatic carbocycles. The van der Waals surface area contributed by atoms with Gasteiger partial charge in [0, 0.05) is 34.4 Å². The highest BCUT2D eigenvalue weighted by Crippen LogP contribution is 2.30. The van der Waals surface area contributed by atoms with E-state index in [1.54, 1.807) is 25.1 Å². The summed E-state index contributed by atoms with van der Waals surface area (Å²) < 4.78 is 7.30. The van der Waals surface area contributed by atoms with Crippen LogP contribution in [-0.2, 0) is 5.75 Å². The van der Waals surface area contributed by atoms with Crippen molar-refractivity contribution in [3.05, 3.63) is 83.6 Å². The third kappa shape index (κ3) is 4.03. The van der Waals surface area contributed by atoms with Gasteiger partial charge in [-0.2, -0.15) is 0 Å². The first-order valence-corrected chi connectivity index (χ1v) is 9.98. The summed E-state index contributed by atoms with van der Waals surface area (Å²) in [6.45, 7) is 0. The SMILES string of the molecule is COc1ccc(-c2nnc(SCc3cccnc3)n2-c2ccc(Cl)cc2)cc1. The largest absolute Gasteiger partial charge is 0.497 e. The summed E-state index contributed by atoms with van der Waals surface area (Å²) in [4.78, 5) is 4.17. The van der Waals surface area contributed by atoms with Gasteiger partial charge in [-0.3, -0.25) is 9.55 Å². The zero-order valence-corrected chi connectivity index (χ0v) is 16.7. The number of rotatable bonds is 6. The molecule has 0 bridgehead atoms. The summed E-state index contributed by atoms with van der Waals surface area (Å²) in [6.07, 6.45) is 3.63. The van der Waals surface area contributed by atoms with Crippen molar-refractivity contribution in [3.8, 4) is 22.8 Å². The monoisotopic (exact) mass is 408 g/mol. The van der Waals surface area contributed by atoms with E-state index in [1.165, 1.54) is 0 Å². The van der Waals surface area contributed by atoms with Crippen LogP contribution >= 0.6 is 23.4 Å². The number of hydrogen-bond donors (Lipinski definition) is 0. The third-order valence-corrected chi connectivity index (χ3v) is 5.41. The molecule has 0 spiro atoms. The predicted molar refractivity (Wildman–Crippen MR) is 112 cm³/mol. The van der Waals surface area contributed by atoms with E-state index in [-0.39, 0.29) is 0 Å². The molecule has 0 radical (unpaired) electrons. The molecule has 0 saturated carbocycles. The summed E-state index contributed by atoms with van der Waals surface area (Å²) in [5.41, 5.74) is 3.04. The van der Waals surface area contributed by atoms with Crippen LogP contribution in [0.15, 0.2) is 78.2 Å². The minimum Gasteiger partial charge on any atom is -0.497 e. The first kappa shape index (κ1) is 18.5. The molecule has 5 nitrogen and oxygen atoms in total. The Morgan fingerprint density at radius 3 is 2.46 bits per heavy atom. The zero-order chi connectivity index (χ0) is 19.3. The van der Waals surface area contributed by atoms with Crippen LogP contribution < -0.4 is 4.74 Å². The van der Waals surface area contributed by atoms with Gasteiger partial charge in [0.25, 0.3) is 0 Å². The maximum absolute atomic E-state index is 6.08. The van der Waals surface area contributed by atoms with Crippen molar-refractivity contribution in [2.24, 2.45) is 0 Å². The fraction of sp³-hybridized carbons (Fsp3) is 0.0952. The second-order valence-corrected chi connectivity index (χ2v) is 7.38. The Morgan fingerprint density at radius 2 is 1.79 bits per heavy atom. The van der Waals surface area contributed by atoms with E-state index < -0.39 is 0 Å². The number of thioether (sulfide) groups is 1. The lowest BCUT2D eigenvalue weighted by atomic mass is 10.2. The standard InChI is InChI=1S/C21H17ClN4OS/c1-27-19-10-4-16(5-11-19)20-24-25-21(28-14-15-3-2-12-23-13-15)26(20)18-8-6-17(22)7-9-18/h2-13H,14H2,1H3. The Labute approximate surface area is 172 Å². The highest BCUT2D eigenvalue weighted by molar-refractivity contribution is 7.98. The van der Waals surface area contributed by atoms with Crippen LogP contribution in [0.3, 0.4) is 0 Å². The smallest absolute Gasteiger partial charge is 0.196 e. The molecule has 4 aromatic rings. The Hall–Kier alpha value is -2.83. The summed E-state index contributed by atoms with van der Waals surface area (Å²) in [5, 5.41) is 10.4. The van der Waals surface area contributed by atoms with Gasteiger partial charge in [-0.15, -0.1) is 10.2 Å². The van der Waals surface area contributed by atoms with Crippen LogP contribution in [0.25, 0.3) is 17.1 Å². The molecular weight excluding hydrogens is 392 g/mol. The highest BCUT2D eigenvalue weighted by atomic mass is 35.5. The predicted octanol–water partition coefficient (Wildman–Crippen LogP) is 5.28. The number of benzene rings is 2. The van der Waals surface area contributed by atoms with Crippen LogP contribution in [0.1, 0.15) is 5.56 Å². The summed E-state index contributed by atoms with van der Waals surface area (Å²) in [6, 6.07) is 19.4. The lowest BCUT2D eigenvalue weighted by Gasteiger charge is -2.11. The van der Waals surface area contributed by atoms with Crippen molar-refractivity contribution in [1.29, 1.82) is 0 Å². The van der Waals surface area contributed by atoms with E-state index in [4.69, 9.17) is 16.3 Å². The average Bonchev–Trinajstić information content (AvgIpc) is 3.17. The van der Waals surface area contributed by atoms with E-state index >= 15 is 0 Å². The van der Waals surface area contributed by atoms with Crippen molar-refractivity contribution in [2.45, 2.75) is 10.9 Å². The first-order valence-electron chi connectivity index (χ1n) is 8.62. The van der Waals surface area contributed by atoms with Gasteiger partial charge in [-0.1, -0.05) is 29.4 Å². The summed E-state index contributed by atoms with van der Waals surface area (Å²) >= 11 is 7.69. The molecule has 0 aliphatic rings. The van der Waals surface area contributed by atoms with Crippen molar-refractivity contribution in [2.75, 3.05) is 7.11 Å². The second kappa shape index (κ2) is 8.46. The van der Waals surface area contributed by atoms with Crippen LogP contribution in [0, 0.1) is 0 Å². The van der Waals surface area contributed by atoms with E-state index in [2.05, 4.69) is 15.2 Å². The van der Waals surface area contributed by atoms with Crippen LogP contribution in [0.5, 0.6) is 5.75 Å². The molecule has 2 aromatic heterocycles. The number of nitrogens with zero attached hydrogens (tertiary/aromatic N) is 4. The van der Waals surface area contributed by atoms with Gasteiger partial charge in [0.15, 0.2) is 11.0 Å². The molecule has 0 fully saturated rings. The van der Waals surface area contributed by atoms with Crippen LogP contribution in [-0.4, -0.2) is 26.9 Å². The van der Waals surface area contributed by atoms with Gasteiger partial charge in [0.05, 0.1) is 7.11 Å². The maximum Gasteiger partial charge on any atom is 0.196 e. The summed E-state index contributed by atoms with van der Waals surface area (Å²) in [5.74, 6) is 2.31. The molecule has 140 valence electrons. The van der Waals surface area contributed by atoms with Crippen LogP contribution in [0.4, 0.5) is 0 Å². The molecule has 28 heavy (non-hydrogen) atoms. The van der Waals surface area contributed by atoms with Gasteiger partial charge < -0.3 is 4.74 Å². The van der Waals surface area contributed by atoms with E-state index in [0.29, 0.717) is 5.02 Å². The van der Waals surface area contributed by atoms with Crippen molar-refractivity contribution in [3.63, 3.8) is 0 Å². The minimum atomic E-state index is 0.687. The number of hydrogen-bond acceptors (Lipinski definition) is 5. The second-order valence-electron chi connectivity index (χ2n) is 6.00. The highest BCUT2D eigenvalue weighted by Gasteiger charge is 2.16. The molecule has 2 heterocycles. The first-order chi connectivity index (χ1) is 13.7. The number of halogens is 1. The number of ether oxygens (including phenoxy) is 1. The third-order valence-electron chi connectivity index (χ3n) is 4.16. The van der Waals surface area contributed by atoms with Gasteiger partial charge in [0.1, 0.15) is 5.75 Å². The molecule has 7 heteroatoms. The van der Waals surface area contributed by atoms with Crippen molar-refractivity contribution >= 4 is 23.4 Å². The Morgan fingerprint density at radius 1 is 1.00 bits per heavy atom. The number of aromatic nitrogens is 4. The molecule has 0 amide bonds. The zero-order valence-electron chi connectivity index (χ0n) is 15.1. The fourth-order valence-electron chi connectivity index (χ4n) is 2.74. The summed E-state index contributed by atoms with van der Waals surface area (Å²) in [7, 11) is 1.65. The maximum atomic E-state index is 6.08. The minimum absolute atomic E-state index is 0.687. The molecular formula is C21H17ClN4OS. The van der Waals surface area contributed by atoms with E-state index in [1.807, 2.05) is 71.4 Å². The fourth-order valence-corrected chi connectivity index (χ4v) is 3.76. The van der Waals surface area contributed by atoms with E-state index in [0.717, 1.165) is 39.3 Å². The van der Waals surface area contributed by atoms with Crippen LogP contribution in [0.2, 0.25) is 5.02 Å². The molecule has 0 atom stereocenters. The van der Waals surface area contributed by atoms with E-state index in [9.17, 15) is 0 Å². The van der Waals surface area contributed by atoms with Gasteiger partial charge in [-0.05, 0) is 60.2 Å². The Balaban J connectivity index is 1.73. The lowest BCUT2D eigenvalue weighted by molar-refractivity contribution is 0.415.